The number of rotatable bonds is 5. The highest BCUT2D eigenvalue weighted by atomic mass is 16.3. The van der Waals surface area contributed by atoms with Crippen molar-refractivity contribution in [3.05, 3.63) is 11.6 Å². The molecule has 2 nitrogen and oxygen atoms in total. The van der Waals surface area contributed by atoms with E-state index >= 15 is 0 Å². The zero-order chi connectivity index (χ0) is 22.7. The zero-order valence-corrected chi connectivity index (χ0v) is 21.4. The molecule has 2 heteroatoms. The van der Waals surface area contributed by atoms with Crippen molar-refractivity contribution in [2.24, 2.45) is 46.3 Å². The molecule has 5 aliphatic rings. The summed E-state index contributed by atoms with van der Waals surface area (Å²) in [7, 11) is 0. The van der Waals surface area contributed by atoms with Gasteiger partial charge in [-0.15, -0.1) is 0 Å². The molecule has 0 aromatic rings. The van der Waals surface area contributed by atoms with E-state index in [1.807, 2.05) is 0 Å². The third-order valence-corrected chi connectivity index (χ3v) is 12.3. The summed E-state index contributed by atoms with van der Waals surface area (Å²) < 4.78 is 0. The Morgan fingerprint density at radius 2 is 1.75 bits per heavy atom. The average molecular weight is 443 g/mol. The van der Waals surface area contributed by atoms with Gasteiger partial charge < -0.3 is 10.2 Å². The van der Waals surface area contributed by atoms with Crippen LogP contribution in [-0.2, 0) is 0 Å². The first-order valence-corrected chi connectivity index (χ1v) is 14.3. The molecule has 4 saturated carbocycles. The number of hydrogen-bond donors (Lipinski definition) is 2. The minimum atomic E-state index is -0.454. The van der Waals surface area contributed by atoms with E-state index in [2.05, 4.69) is 33.8 Å². The van der Waals surface area contributed by atoms with Crippen molar-refractivity contribution in [2.75, 3.05) is 0 Å². The lowest BCUT2D eigenvalue weighted by Crippen LogP contribution is -2.52. The molecule has 182 valence electrons. The first kappa shape index (κ1) is 23.4. The number of aliphatic hydroxyl groups is 2. The van der Waals surface area contributed by atoms with Crippen LogP contribution < -0.4 is 0 Å². The molecule has 0 amide bonds. The molecule has 2 N–H and O–H groups in total. The topological polar surface area (TPSA) is 40.5 Å². The number of fused-ring (bicyclic) bond motifs is 5. The van der Waals surface area contributed by atoms with Crippen molar-refractivity contribution < 1.29 is 10.2 Å². The van der Waals surface area contributed by atoms with E-state index in [-0.39, 0.29) is 6.10 Å². The minimum absolute atomic E-state index is 0.100. The lowest BCUT2D eigenvalue weighted by atomic mass is 9.46. The smallest absolute Gasteiger partial charge is 0.0682 e. The molecule has 0 heterocycles. The van der Waals surface area contributed by atoms with Crippen LogP contribution in [0.3, 0.4) is 0 Å². The molecule has 5 aliphatic carbocycles. The van der Waals surface area contributed by atoms with Crippen molar-refractivity contribution in [3.63, 3.8) is 0 Å². The predicted molar refractivity (Wildman–Crippen MR) is 132 cm³/mol. The fourth-order valence-electron chi connectivity index (χ4n) is 9.99. The van der Waals surface area contributed by atoms with Gasteiger partial charge in [-0.1, -0.05) is 65.0 Å². The van der Waals surface area contributed by atoms with Crippen LogP contribution in [0.5, 0.6) is 0 Å². The number of aliphatic hydroxyl groups excluding tert-OH is 1. The van der Waals surface area contributed by atoms with Crippen molar-refractivity contribution >= 4 is 0 Å². The largest absolute Gasteiger partial charge is 0.393 e. The van der Waals surface area contributed by atoms with Gasteiger partial charge in [0.15, 0.2) is 0 Å². The quantitative estimate of drug-likeness (QED) is 0.439. The van der Waals surface area contributed by atoms with E-state index in [9.17, 15) is 10.2 Å². The van der Waals surface area contributed by atoms with Crippen LogP contribution in [0.25, 0.3) is 0 Å². The van der Waals surface area contributed by atoms with Crippen molar-refractivity contribution in [1.82, 2.24) is 0 Å². The van der Waals surface area contributed by atoms with Crippen LogP contribution >= 0.6 is 0 Å². The molecule has 1 unspecified atom stereocenters. The predicted octanol–water partition coefficient (Wildman–Crippen LogP) is 7.28. The van der Waals surface area contributed by atoms with Gasteiger partial charge in [0.25, 0.3) is 0 Å². The number of hydrogen-bond acceptors (Lipinski definition) is 2. The Morgan fingerprint density at radius 3 is 2.47 bits per heavy atom. The molecule has 0 spiro atoms. The standard InChI is InChI=1S/C30H50O2/c1-5-30(32)17-16-28(3)22(19-30)10-11-23-25-13-12-24(29(25,4)15-14-26(23)28)20(2)27(31)18-21-8-6-7-9-21/h10,20-21,23-27,31-32H,5-9,11-19H2,1-4H3/t20-,23-,24+,25-,26?,27+,28-,29+,30-/m0/s1. The molecule has 4 fully saturated rings. The Labute approximate surface area is 197 Å². The Kier molecular flexibility index (Phi) is 6.14. The van der Waals surface area contributed by atoms with Crippen molar-refractivity contribution in [3.8, 4) is 0 Å². The van der Waals surface area contributed by atoms with Gasteiger partial charge in [-0.3, -0.25) is 0 Å². The first-order valence-electron chi connectivity index (χ1n) is 14.3. The van der Waals surface area contributed by atoms with Gasteiger partial charge in [-0.05, 0) is 111 Å². The third kappa shape index (κ3) is 3.65. The second kappa shape index (κ2) is 8.40. The fourth-order valence-corrected chi connectivity index (χ4v) is 9.99. The van der Waals surface area contributed by atoms with Gasteiger partial charge >= 0.3 is 0 Å². The maximum atomic E-state index is 11.2. The molecule has 0 aromatic heterocycles. The summed E-state index contributed by atoms with van der Waals surface area (Å²) >= 11 is 0. The Bertz CT molecular complexity index is 722. The summed E-state index contributed by atoms with van der Waals surface area (Å²) in [4.78, 5) is 0. The van der Waals surface area contributed by atoms with E-state index in [0.717, 1.165) is 49.4 Å². The molecule has 0 aromatic carbocycles. The summed E-state index contributed by atoms with van der Waals surface area (Å²) in [5.74, 6) is 4.37. The van der Waals surface area contributed by atoms with E-state index in [4.69, 9.17) is 0 Å². The highest BCUT2D eigenvalue weighted by molar-refractivity contribution is 5.27. The van der Waals surface area contributed by atoms with Crippen molar-refractivity contribution in [1.29, 1.82) is 0 Å². The summed E-state index contributed by atoms with van der Waals surface area (Å²) in [6.07, 6.45) is 19.6. The summed E-state index contributed by atoms with van der Waals surface area (Å²) in [5.41, 5.74) is 1.87. The first-order chi connectivity index (χ1) is 15.2. The lowest BCUT2D eigenvalue weighted by molar-refractivity contribution is -0.0823. The Hall–Kier alpha value is -0.340. The van der Waals surface area contributed by atoms with E-state index in [1.54, 1.807) is 5.57 Å². The van der Waals surface area contributed by atoms with E-state index in [1.165, 1.54) is 64.2 Å². The highest BCUT2D eigenvalue weighted by Gasteiger charge is 2.60. The second-order valence-electron chi connectivity index (χ2n) is 13.6. The SMILES string of the molecule is CC[C@]1(O)CC[C@@]2(C)C(=CC[C@@H]3C2CC[C@]2(C)[C@@H]([C@H](C)[C@H](O)CC4CCCC4)CC[C@@H]32)C1. The second-order valence-corrected chi connectivity index (χ2v) is 13.6. The number of allylic oxidation sites excluding steroid dienone is 1. The van der Waals surface area contributed by atoms with Gasteiger partial charge in [-0.2, -0.15) is 0 Å². The van der Waals surface area contributed by atoms with Gasteiger partial charge in [0.1, 0.15) is 0 Å². The fraction of sp³-hybridized carbons (Fsp3) is 0.933. The molecule has 5 rings (SSSR count). The van der Waals surface area contributed by atoms with Crippen molar-refractivity contribution in [2.45, 2.75) is 129 Å². The zero-order valence-electron chi connectivity index (χ0n) is 21.4. The Morgan fingerprint density at radius 1 is 1.00 bits per heavy atom. The molecular weight excluding hydrogens is 392 g/mol. The molecule has 32 heavy (non-hydrogen) atoms. The maximum absolute atomic E-state index is 11.2. The molecule has 9 atom stereocenters. The van der Waals surface area contributed by atoms with E-state index in [0.29, 0.717) is 22.7 Å². The van der Waals surface area contributed by atoms with Gasteiger partial charge in [-0.25, -0.2) is 0 Å². The van der Waals surface area contributed by atoms with Crippen LogP contribution in [0.2, 0.25) is 0 Å². The maximum Gasteiger partial charge on any atom is 0.0682 e. The summed E-state index contributed by atoms with van der Waals surface area (Å²) in [5, 5.41) is 22.2. The van der Waals surface area contributed by atoms with Gasteiger partial charge in [0.2, 0.25) is 0 Å². The summed E-state index contributed by atoms with van der Waals surface area (Å²) in [6.45, 7) is 9.70. The van der Waals surface area contributed by atoms with Gasteiger partial charge in [0, 0.05) is 0 Å². The molecule has 0 bridgehead atoms. The average Bonchev–Trinajstić information content (AvgIpc) is 3.41. The monoisotopic (exact) mass is 442 g/mol. The molecule has 0 saturated heterocycles. The Balaban J connectivity index is 1.32. The minimum Gasteiger partial charge on any atom is -0.393 e. The van der Waals surface area contributed by atoms with Gasteiger partial charge in [0.05, 0.1) is 11.7 Å². The molecule has 0 radical (unpaired) electrons. The third-order valence-electron chi connectivity index (χ3n) is 12.3. The van der Waals surface area contributed by atoms with Crippen LogP contribution in [0, 0.1) is 46.3 Å². The van der Waals surface area contributed by atoms with E-state index < -0.39 is 5.60 Å². The van der Waals surface area contributed by atoms with Crippen LogP contribution in [0.4, 0.5) is 0 Å². The van der Waals surface area contributed by atoms with Crippen LogP contribution in [0.15, 0.2) is 11.6 Å². The highest BCUT2D eigenvalue weighted by Crippen LogP contribution is 2.68. The lowest BCUT2D eigenvalue weighted by Gasteiger charge is -2.59. The molecule has 0 aliphatic heterocycles. The summed E-state index contributed by atoms with van der Waals surface area (Å²) in [6, 6.07) is 0. The normalized spacial score (nSPS) is 48.5. The van der Waals surface area contributed by atoms with Crippen LogP contribution in [-0.4, -0.2) is 21.9 Å². The molecular formula is C30H50O2. The van der Waals surface area contributed by atoms with Crippen LogP contribution in [0.1, 0.15) is 118 Å².